The summed E-state index contributed by atoms with van der Waals surface area (Å²) < 4.78 is 0. The lowest BCUT2D eigenvalue weighted by molar-refractivity contribution is -0.135. The van der Waals surface area contributed by atoms with Crippen LogP contribution in [0.4, 0.5) is 0 Å². The Kier molecular flexibility index (Phi) is 4.97. The molecule has 0 fully saturated rings. The van der Waals surface area contributed by atoms with Gasteiger partial charge in [-0.1, -0.05) is 13.8 Å². The summed E-state index contributed by atoms with van der Waals surface area (Å²) in [6.45, 7) is 5.22. The highest BCUT2D eigenvalue weighted by molar-refractivity contribution is 7.14. The van der Waals surface area contributed by atoms with Gasteiger partial charge in [0.1, 0.15) is 0 Å². The number of carbonyl (C=O) groups is 2. The average molecular weight is 311 g/mol. The second-order valence-corrected chi connectivity index (χ2v) is 6.66. The number of hydroxylamine groups is 1. The van der Waals surface area contributed by atoms with E-state index in [1.807, 2.05) is 18.7 Å². The minimum absolute atomic E-state index is 0.0949. The van der Waals surface area contributed by atoms with Crippen LogP contribution in [0.15, 0.2) is 6.07 Å². The molecule has 1 aromatic rings. The van der Waals surface area contributed by atoms with Crippen LogP contribution in [0.1, 0.15) is 34.0 Å². The maximum atomic E-state index is 12.5. The highest BCUT2D eigenvalue weighted by Crippen LogP contribution is 2.28. The van der Waals surface area contributed by atoms with Crippen molar-refractivity contribution in [2.45, 2.75) is 32.9 Å². The summed E-state index contributed by atoms with van der Waals surface area (Å²) >= 11 is 1.38. The fraction of sp³-hybridized carbons (Fsp3) is 0.571. The third kappa shape index (κ3) is 3.25. The predicted molar refractivity (Wildman–Crippen MR) is 80.4 cm³/mol. The van der Waals surface area contributed by atoms with Gasteiger partial charge < -0.3 is 10.2 Å². The number of carbonyl (C=O) groups excluding carboxylic acids is 2. The van der Waals surface area contributed by atoms with E-state index in [1.54, 1.807) is 18.6 Å². The summed E-state index contributed by atoms with van der Waals surface area (Å²) in [6, 6.07) is 1.57. The minimum Gasteiger partial charge on any atom is -0.337 e. The Morgan fingerprint density at radius 1 is 1.43 bits per heavy atom. The van der Waals surface area contributed by atoms with Gasteiger partial charge in [-0.3, -0.25) is 14.8 Å². The maximum Gasteiger partial charge on any atom is 0.284 e. The number of nitrogens with zero attached hydrogens (tertiary/aromatic N) is 1. The standard InChI is InChI=1S/C14H21N3O3S/c1-8(2)12(15-3)14(19)17-5-4-10-9(7-17)6-11(21-10)13(18)16-20/h6,8,12,15,20H,4-5,7H2,1-3H3,(H,16,18). The van der Waals surface area contributed by atoms with Crippen molar-refractivity contribution < 1.29 is 14.8 Å². The second kappa shape index (κ2) is 6.55. The number of rotatable bonds is 4. The molecule has 7 heteroatoms. The summed E-state index contributed by atoms with van der Waals surface area (Å²) in [5.74, 6) is -0.179. The molecule has 0 saturated heterocycles. The van der Waals surface area contributed by atoms with Crippen LogP contribution in [0.25, 0.3) is 0 Å². The summed E-state index contributed by atoms with van der Waals surface area (Å²) in [6.07, 6.45) is 0.749. The quantitative estimate of drug-likeness (QED) is 0.572. The van der Waals surface area contributed by atoms with Gasteiger partial charge in [-0.15, -0.1) is 11.3 Å². The maximum absolute atomic E-state index is 12.5. The molecule has 1 atom stereocenters. The first kappa shape index (κ1) is 15.9. The van der Waals surface area contributed by atoms with Gasteiger partial charge in [0.25, 0.3) is 5.91 Å². The monoisotopic (exact) mass is 311 g/mol. The molecule has 0 radical (unpaired) electrons. The Morgan fingerprint density at radius 2 is 2.14 bits per heavy atom. The van der Waals surface area contributed by atoms with Gasteiger partial charge in [0.05, 0.1) is 10.9 Å². The SMILES string of the molecule is CNC(C(=O)N1CCc2sc(C(=O)NO)cc2C1)C(C)C. The lowest BCUT2D eigenvalue weighted by Gasteiger charge is -2.31. The molecule has 116 valence electrons. The van der Waals surface area contributed by atoms with E-state index in [4.69, 9.17) is 5.21 Å². The minimum atomic E-state index is -0.498. The van der Waals surface area contributed by atoms with E-state index >= 15 is 0 Å². The molecular weight excluding hydrogens is 290 g/mol. The Bertz CT molecular complexity index is 542. The third-order valence-electron chi connectivity index (χ3n) is 3.75. The fourth-order valence-electron chi connectivity index (χ4n) is 2.63. The molecular formula is C14H21N3O3S. The molecule has 2 heterocycles. The normalized spacial score (nSPS) is 15.8. The Hall–Kier alpha value is -1.44. The van der Waals surface area contributed by atoms with Crippen molar-refractivity contribution >= 4 is 23.2 Å². The topological polar surface area (TPSA) is 81.7 Å². The molecule has 3 N–H and O–H groups in total. The Morgan fingerprint density at radius 3 is 2.71 bits per heavy atom. The van der Waals surface area contributed by atoms with E-state index in [1.165, 1.54) is 11.3 Å². The summed E-state index contributed by atoms with van der Waals surface area (Å²) in [5, 5.41) is 11.8. The van der Waals surface area contributed by atoms with Crippen molar-refractivity contribution in [3.63, 3.8) is 0 Å². The highest BCUT2D eigenvalue weighted by Gasteiger charge is 2.29. The Labute approximate surface area is 128 Å². The van der Waals surface area contributed by atoms with Crippen LogP contribution < -0.4 is 10.8 Å². The number of amides is 2. The zero-order valence-electron chi connectivity index (χ0n) is 12.5. The molecule has 1 aliphatic rings. The van der Waals surface area contributed by atoms with E-state index < -0.39 is 5.91 Å². The van der Waals surface area contributed by atoms with Gasteiger partial charge in [-0.25, -0.2) is 5.48 Å². The molecule has 0 aromatic carbocycles. The molecule has 1 aromatic heterocycles. The number of hydrogen-bond acceptors (Lipinski definition) is 5. The van der Waals surface area contributed by atoms with Gasteiger partial charge in [-0.05, 0) is 31.0 Å². The molecule has 0 aliphatic carbocycles. The van der Waals surface area contributed by atoms with Crippen molar-refractivity contribution in [1.82, 2.24) is 15.7 Å². The average Bonchev–Trinajstić information content (AvgIpc) is 2.89. The summed E-state index contributed by atoms with van der Waals surface area (Å²) in [4.78, 5) is 27.4. The Balaban J connectivity index is 2.13. The van der Waals surface area contributed by atoms with Crippen molar-refractivity contribution in [2.75, 3.05) is 13.6 Å². The summed E-state index contributed by atoms with van der Waals surface area (Å²) in [7, 11) is 1.80. The predicted octanol–water partition coefficient (Wildman–Crippen LogP) is 0.996. The number of likely N-dealkylation sites (N-methyl/N-ethyl adjacent to an activating group) is 1. The van der Waals surface area contributed by atoms with Crippen molar-refractivity contribution in [1.29, 1.82) is 0 Å². The van der Waals surface area contributed by atoms with Crippen LogP contribution in [-0.4, -0.2) is 41.6 Å². The smallest absolute Gasteiger partial charge is 0.284 e. The first-order valence-corrected chi connectivity index (χ1v) is 7.81. The largest absolute Gasteiger partial charge is 0.337 e. The van der Waals surface area contributed by atoms with Crippen molar-refractivity contribution in [3.8, 4) is 0 Å². The highest BCUT2D eigenvalue weighted by atomic mass is 32.1. The second-order valence-electron chi connectivity index (χ2n) is 5.52. The molecule has 0 spiro atoms. The van der Waals surface area contributed by atoms with Gasteiger partial charge in [0.2, 0.25) is 5.91 Å². The van der Waals surface area contributed by atoms with Crippen LogP contribution >= 0.6 is 11.3 Å². The van der Waals surface area contributed by atoms with Crippen LogP contribution in [-0.2, 0) is 17.8 Å². The zero-order chi connectivity index (χ0) is 15.6. The van der Waals surface area contributed by atoms with E-state index in [0.29, 0.717) is 18.0 Å². The molecule has 1 unspecified atom stereocenters. The first-order chi connectivity index (χ1) is 9.97. The van der Waals surface area contributed by atoms with Gasteiger partial charge in [0.15, 0.2) is 0 Å². The van der Waals surface area contributed by atoms with E-state index in [2.05, 4.69) is 5.32 Å². The van der Waals surface area contributed by atoms with Gasteiger partial charge in [-0.2, -0.15) is 0 Å². The van der Waals surface area contributed by atoms with Crippen LogP contribution in [0.5, 0.6) is 0 Å². The van der Waals surface area contributed by atoms with E-state index in [9.17, 15) is 9.59 Å². The fourth-order valence-corrected chi connectivity index (χ4v) is 3.68. The van der Waals surface area contributed by atoms with E-state index in [0.717, 1.165) is 16.9 Å². The van der Waals surface area contributed by atoms with Crippen LogP contribution in [0.3, 0.4) is 0 Å². The van der Waals surface area contributed by atoms with Crippen molar-refractivity contribution in [3.05, 3.63) is 21.4 Å². The molecule has 2 amide bonds. The molecule has 0 bridgehead atoms. The number of nitrogens with one attached hydrogen (secondary N) is 2. The van der Waals surface area contributed by atoms with Crippen LogP contribution in [0.2, 0.25) is 0 Å². The molecule has 6 nitrogen and oxygen atoms in total. The third-order valence-corrected chi connectivity index (χ3v) is 4.98. The molecule has 0 saturated carbocycles. The van der Waals surface area contributed by atoms with Crippen molar-refractivity contribution in [2.24, 2.45) is 5.92 Å². The lowest BCUT2D eigenvalue weighted by Crippen LogP contribution is -2.49. The zero-order valence-corrected chi connectivity index (χ0v) is 13.3. The number of hydrogen-bond donors (Lipinski definition) is 3. The molecule has 21 heavy (non-hydrogen) atoms. The van der Waals surface area contributed by atoms with Gasteiger partial charge in [0, 0.05) is 18.0 Å². The summed E-state index contributed by atoms with van der Waals surface area (Å²) in [5.41, 5.74) is 2.64. The lowest BCUT2D eigenvalue weighted by atomic mass is 10.0. The molecule has 2 rings (SSSR count). The van der Waals surface area contributed by atoms with E-state index in [-0.39, 0.29) is 17.9 Å². The number of thiophene rings is 1. The molecule has 1 aliphatic heterocycles. The first-order valence-electron chi connectivity index (χ1n) is 7.00. The van der Waals surface area contributed by atoms with Crippen LogP contribution in [0, 0.1) is 5.92 Å². The van der Waals surface area contributed by atoms with Gasteiger partial charge >= 0.3 is 0 Å². The number of fused-ring (bicyclic) bond motifs is 1.